The topological polar surface area (TPSA) is 63.7 Å². The van der Waals surface area contributed by atoms with Crippen LogP contribution in [0.3, 0.4) is 0 Å². The summed E-state index contributed by atoms with van der Waals surface area (Å²) >= 11 is 0. The molecule has 0 spiro atoms. The van der Waals surface area contributed by atoms with Crippen LogP contribution in [0.4, 0.5) is 4.79 Å². The van der Waals surface area contributed by atoms with Crippen molar-refractivity contribution < 1.29 is 19.1 Å². The second kappa shape index (κ2) is 6.37. The van der Waals surface area contributed by atoms with Crippen LogP contribution in [0, 0.1) is 11.8 Å². The summed E-state index contributed by atoms with van der Waals surface area (Å²) in [6.45, 7) is 9.81. The highest BCUT2D eigenvalue weighted by Crippen LogP contribution is 2.24. The number of ketones is 2. The summed E-state index contributed by atoms with van der Waals surface area (Å²) in [6, 6.07) is 0. The smallest absolute Gasteiger partial charge is 0.410 e. The van der Waals surface area contributed by atoms with Crippen LogP contribution in [0.15, 0.2) is 0 Å². The van der Waals surface area contributed by atoms with Crippen molar-refractivity contribution in [3.8, 4) is 0 Å². The van der Waals surface area contributed by atoms with Crippen molar-refractivity contribution in [2.24, 2.45) is 11.8 Å². The summed E-state index contributed by atoms with van der Waals surface area (Å²) in [7, 11) is 0. The Bertz CT molecular complexity index is 397. The molecule has 5 heteroatoms. The summed E-state index contributed by atoms with van der Waals surface area (Å²) < 4.78 is 5.34. The molecule has 1 heterocycles. The molecule has 1 rings (SSSR count). The second-order valence-corrected chi connectivity index (χ2v) is 6.77. The van der Waals surface area contributed by atoms with Crippen LogP contribution in [-0.4, -0.2) is 41.3 Å². The van der Waals surface area contributed by atoms with Gasteiger partial charge in [0.15, 0.2) is 0 Å². The van der Waals surface area contributed by atoms with Crippen LogP contribution in [0.2, 0.25) is 0 Å². The van der Waals surface area contributed by atoms with Crippen molar-refractivity contribution in [1.82, 2.24) is 4.90 Å². The standard InChI is InChI=1S/C15H25NO4/c1-10-6-12(13(18)7-11(2)17)9-16(8-10)14(19)20-15(3,4)5/h10,12H,6-9H2,1-5H3/t10-,12+/m0/s1. The van der Waals surface area contributed by atoms with Gasteiger partial charge in [-0.2, -0.15) is 0 Å². The molecular formula is C15H25NO4. The van der Waals surface area contributed by atoms with E-state index in [-0.39, 0.29) is 35.9 Å². The van der Waals surface area contributed by atoms with Crippen LogP contribution in [0.5, 0.6) is 0 Å². The SMILES string of the molecule is CC(=O)CC(=O)[C@@H]1C[C@H](C)CN(C(=O)OC(C)(C)C)C1. The fourth-order valence-corrected chi connectivity index (χ4v) is 2.45. The van der Waals surface area contributed by atoms with Crippen molar-refractivity contribution in [3.63, 3.8) is 0 Å². The number of hydrogen-bond acceptors (Lipinski definition) is 4. The Hall–Kier alpha value is -1.39. The summed E-state index contributed by atoms with van der Waals surface area (Å²) in [5.41, 5.74) is -0.545. The zero-order valence-corrected chi connectivity index (χ0v) is 13.1. The number of Topliss-reactive ketones (excluding diaryl/α,β-unsaturated/α-hetero) is 2. The fourth-order valence-electron chi connectivity index (χ4n) is 2.45. The number of ether oxygens (including phenoxy) is 1. The van der Waals surface area contributed by atoms with Crippen LogP contribution < -0.4 is 0 Å². The van der Waals surface area contributed by atoms with Gasteiger partial charge in [0.25, 0.3) is 0 Å². The summed E-state index contributed by atoms with van der Waals surface area (Å²) in [5, 5.41) is 0. The number of hydrogen-bond donors (Lipinski definition) is 0. The van der Waals surface area contributed by atoms with Gasteiger partial charge in [0.2, 0.25) is 0 Å². The lowest BCUT2D eigenvalue weighted by Crippen LogP contribution is -2.47. The molecule has 0 unspecified atom stereocenters. The molecule has 0 N–H and O–H groups in total. The maximum atomic E-state index is 12.1. The molecule has 0 saturated carbocycles. The Balaban J connectivity index is 2.68. The van der Waals surface area contributed by atoms with Gasteiger partial charge in [-0.15, -0.1) is 0 Å². The van der Waals surface area contributed by atoms with Gasteiger partial charge in [0.1, 0.15) is 17.2 Å². The molecule has 0 aromatic rings. The summed E-state index contributed by atoms with van der Waals surface area (Å²) in [5.74, 6) is -0.220. The summed E-state index contributed by atoms with van der Waals surface area (Å²) in [4.78, 5) is 36.7. The van der Waals surface area contributed by atoms with E-state index in [1.165, 1.54) is 6.92 Å². The van der Waals surface area contributed by atoms with Gasteiger partial charge in [-0.05, 0) is 40.0 Å². The Labute approximate surface area is 120 Å². The number of carbonyl (C=O) groups is 3. The zero-order chi connectivity index (χ0) is 15.5. The maximum Gasteiger partial charge on any atom is 0.410 e. The molecule has 0 aromatic carbocycles. The minimum Gasteiger partial charge on any atom is -0.444 e. The normalized spacial score (nSPS) is 23.4. The quantitative estimate of drug-likeness (QED) is 0.746. The van der Waals surface area contributed by atoms with Crippen LogP contribution in [-0.2, 0) is 14.3 Å². The summed E-state index contributed by atoms with van der Waals surface area (Å²) in [6.07, 6.45) is 0.301. The average Bonchev–Trinajstić information content (AvgIpc) is 2.24. The van der Waals surface area contributed by atoms with Crippen LogP contribution in [0.25, 0.3) is 0 Å². The van der Waals surface area contributed by atoms with Crippen molar-refractivity contribution in [2.45, 2.75) is 53.1 Å². The first-order chi connectivity index (χ1) is 9.08. The van der Waals surface area contributed by atoms with E-state index in [2.05, 4.69) is 0 Å². The van der Waals surface area contributed by atoms with E-state index in [1.54, 1.807) is 4.90 Å². The first kappa shape index (κ1) is 16.7. The van der Waals surface area contributed by atoms with Gasteiger partial charge >= 0.3 is 6.09 Å². The lowest BCUT2D eigenvalue weighted by atomic mass is 9.86. The largest absolute Gasteiger partial charge is 0.444 e. The molecule has 1 amide bonds. The van der Waals surface area contributed by atoms with E-state index in [0.717, 1.165) is 6.42 Å². The lowest BCUT2D eigenvalue weighted by molar-refractivity contribution is -0.129. The molecule has 0 radical (unpaired) electrons. The number of nitrogens with zero attached hydrogens (tertiary/aromatic N) is 1. The Morgan fingerprint density at radius 1 is 1.20 bits per heavy atom. The molecule has 0 bridgehead atoms. The highest BCUT2D eigenvalue weighted by Gasteiger charge is 2.34. The monoisotopic (exact) mass is 283 g/mol. The van der Waals surface area contributed by atoms with Crippen LogP contribution in [0.1, 0.15) is 47.5 Å². The third-order valence-corrected chi connectivity index (χ3v) is 3.19. The van der Waals surface area contributed by atoms with Gasteiger partial charge in [0, 0.05) is 19.0 Å². The number of rotatable bonds is 3. The predicted molar refractivity (Wildman–Crippen MR) is 75.4 cm³/mol. The molecular weight excluding hydrogens is 258 g/mol. The van der Waals surface area contributed by atoms with Gasteiger partial charge < -0.3 is 9.64 Å². The average molecular weight is 283 g/mol. The predicted octanol–water partition coefficient (Wildman–Crippen LogP) is 2.43. The molecule has 1 aliphatic rings. The number of piperidine rings is 1. The Kier molecular flexibility index (Phi) is 5.31. The molecule has 114 valence electrons. The third kappa shape index (κ3) is 5.31. The molecule has 5 nitrogen and oxygen atoms in total. The zero-order valence-electron chi connectivity index (χ0n) is 13.1. The van der Waals surface area contributed by atoms with E-state index in [4.69, 9.17) is 4.74 Å². The molecule has 1 aliphatic heterocycles. The minimum absolute atomic E-state index is 0.0421. The van der Waals surface area contributed by atoms with Crippen molar-refractivity contribution in [1.29, 1.82) is 0 Å². The Morgan fingerprint density at radius 3 is 2.30 bits per heavy atom. The third-order valence-electron chi connectivity index (χ3n) is 3.19. The first-order valence-corrected chi connectivity index (χ1v) is 7.08. The van der Waals surface area contributed by atoms with E-state index in [0.29, 0.717) is 13.1 Å². The fraction of sp³-hybridized carbons (Fsp3) is 0.800. The first-order valence-electron chi connectivity index (χ1n) is 7.08. The molecule has 20 heavy (non-hydrogen) atoms. The highest BCUT2D eigenvalue weighted by molar-refractivity contribution is 5.99. The molecule has 1 fully saturated rings. The van der Waals surface area contributed by atoms with E-state index >= 15 is 0 Å². The minimum atomic E-state index is -0.545. The highest BCUT2D eigenvalue weighted by atomic mass is 16.6. The molecule has 0 aliphatic carbocycles. The molecule has 0 aromatic heterocycles. The van der Waals surface area contributed by atoms with E-state index in [1.807, 2.05) is 27.7 Å². The van der Waals surface area contributed by atoms with E-state index in [9.17, 15) is 14.4 Å². The van der Waals surface area contributed by atoms with Gasteiger partial charge in [-0.1, -0.05) is 6.92 Å². The van der Waals surface area contributed by atoms with Crippen molar-refractivity contribution in [2.75, 3.05) is 13.1 Å². The van der Waals surface area contributed by atoms with Gasteiger partial charge in [0.05, 0.1) is 6.42 Å². The molecule has 1 saturated heterocycles. The van der Waals surface area contributed by atoms with Gasteiger partial charge in [-0.3, -0.25) is 9.59 Å². The van der Waals surface area contributed by atoms with E-state index < -0.39 is 5.60 Å². The van der Waals surface area contributed by atoms with Gasteiger partial charge in [-0.25, -0.2) is 4.79 Å². The van der Waals surface area contributed by atoms with Crippen molar-refractivity contribution >= 4 is 17.7 Å². The second-order valence-electron chi connectivity index (χ2n) is 6.77. The number of amides is 1. The lowest BCUT2D eigenvalue weighted by Gasteiger charge is -2.36. The van der Waals surface area contributed by atoms with Crippen molar-refractivity contribution in [3.05, 3.63) is 0 Å². The Morgan fingerprint density at radius 2 is 1.80 bits per heavy atom. The number of carbonyl (C=O) groups excluding carboxylic acids is 3. The maximum absolute atomic E-state index is 12.1. The number of likely N-dealkylation sites (tertiary alicyclic amines) is 1. The van der Waals surface area contributed by atoms with Crippen LogP contribution >= 0.6 is 0 Å². The molecule has 2 atom stereocenters.